The molecular formula is C21H21F2N5O3. The third-order valence-electron chi connectivity index (χ3n) is 4.89. The van der Waals surface area contributed by atoms with Crippen LogP contribution in [0.5, 0.6) is 0 Å². The van der Waals surface area contributed by atoms with Crippen molar-refractivity contribution in [2.75, 3.05) is 36.9 Å². The van der Waals surface area contributed by atoms with Crippen molar-refractivity contribution < 1.29 is 23.1 Å². The SMILES string of the molecule is CNC(=O)c1nc(-c2c(F)cccc2F)oc1Nc1ccc(N2CCNC(O)C2)cc1. The number of carbonyl (C=O) groups excluding carboxylic acids is 1. The van der Waals surface area contributed by atoms with Gasteiger partial charge in [-0.25, -0.2) is 13.8 Å². The van der Waals surface area contributed by atoms with Gasteiger partial charge >= 0.3 is 0 Å². The van der Waals surface area contributed by atoms with Crippen molar-refractivity contribution >= 4 is 23.2 Å². The summed E-state index contributed by atoms with van der Waals surface area (Å²) < 4.78 is 33.8. The molecule has 0 spiro atoms. The highest BCUT2D eigenvalue weighted by molar-refractivity contribution is 5.97. The van der Waals surface area contributed by atoms with Gasteiger partial charge in [0.05, 0.1) is 6.54 Å². The Morgan fingerprint density at radius 1 is 1.23 bits per heavy atom. The monoisotopic (exact) mass is 429 g/mol. The molecule has 2 heterocycles. The Hall–Kier alpha value is -3.50. The molecule has 1 saturated heterocycles. The first-order valence-corrected chi connectivity index (χ1v) is 9.67. The number of nitrogens with one attached hydrogen (secondary N) is 3. The predicted molar refractivity (Wildman–Crippen MR) is 111 cm³/mol. The van der Waals surface area contributed by atoms with Crippen LogP contribution in [0.4, 0.5) is 26.0 Å². The fraction of sp³-hybridized carbons (Fsp3) is 0.238. The van der Waals surface area contributed by atoms with Crippen molar-refractivity contribution in [3.63, 3.8) is 0 Å². The van der Waals surface area contributed by atoms with Gasteiger partial charge in [-0.15, -0.1) is 0 Å². The van der Waals surface area contributed by atoms with Gasteiger partial charge in [0.2, 0.25) is 11.8 Å². The maximum atomic E-state index is 14.1. The fourth-order valence-electron chi connectivity index (χ4n) is 3.34. The summed E-state index contributed by atoms with van der Waals surface area (Å²) >= 11 is 0. The second-order valence-electron chi connectivity index (χ2n) is 6.96. The molecule has 1 aromatic heterocycles. The molecule has 1 atom stereocenters. The lowest BCUT2D eigenvalue weighted by molar-refractivity contribution is 0.0959. The number of aliphatic hydroxyl groups excluding tert-OH is 1. The van der Waals surface area contributed by atoms with E-state index < -0.39 is 29.3 Å². The molecule has 3 aromatic rings. The van der Waals surface area contributed by atoms with Crippen LogP contribution >= 0.6 is 0 Å². The zero-order valence-electron chi connectivity index (χ0n) is 16.7. The number of piperazine rings is 1. The van der Waals surface area contributed by atoms with E-state index >= 15 is 0 Å². The zero-order chi connectivity index (χ0) is 22.0. The molecule has 4 N–H and O–H groups in total. The van der Waals surface area contributed by atoms with E-state index in [0.29, 0.717) is 18.8 Å². The van der Waals surface area contributed by atoms with Gasteiger partial charge in [-0.05, 0) is 36.4 Å². The molecule has 0 bridgehead atoms. The average molecular weight is 429 g/mol. The van der Waals surface area contributed by atoms with E-state index in [1.54, 1.807) is 12.1 Å². The number of rotatable bonds is 5. The van der Waals surface area contributed by atoms with Crippen molar-refractivity contribution in [1.82, 2.24) is 15.6 Å². The Bertz CT molecular complexity index is 1070. The van der Waals surface area contributed by atoms with Gasteiger partial charge in [0.15, 0.2) is 5.69 Å². The number of amides is 1. The molecule has 4 rings (SSSR count). The molecule has 2 aromatic carbocycles. The van der Waals surface area contributed by atoms with Crippen LogP contribution in [0.2, 0.25) is 0 Å². The number of hydrogen-bond acceptors (Lipinski definition) is 7. The van der Waals surface area contributed by atoms with Crippen LogP contribution in [-0.4, -0.2) is 48.9 Å². The number of aromatic nitrogens is 1. The molecule has 0 radical (unpaired) electrons. The third-order valence-corrected chi connectivity index (χ3v) is 4.89. The molecule has 1 amide bonds. The lowest BCUT2D eigenvalue weighted by atomic mass is 10.2. The minimum atomic E-state index is -0.848. The average Bonchev–Trinajstić information content (AvgIpc) is 3.17. The highest BCUT2D eigenvalue weighted by Crippen LogP contribution is 2.31. The fourth-order valence-corrected chi connectivity index (χ4v) is 3.34. The second kappa shape index (κ2) is 8.70. The van der Waals surface area contributed by atoms with Crippen LogP contribution in [0.15, 0.2) is 46.9 Å². The predicted octanol–water partition coefficient (Wildman–Crippen LogP) is 2.45. The van der Waals surface area contributed by atoms with E-state index in [1.807, 2.05) is 17.0 Å². The van der Waals surface area contributed by atoms with Gasteiger partial charge < -0.3 is 25.1 Å². The highest BCUT2D eigenvalue weighted by Gasteiger charge is 2.24. The number of oxazole rings is 1. The molecule has 8 nitrogen and oxygen atoms in total. The number of β-amino-alcohol motifs (C(OH)–C–C–N with tert-alkyl or cyclic N) is 1. The summed E-state index contributed by atoms with van der Waals surface area (Å²) in [5.41, 5.74) is 0.924. The van der Waals surface area contributed by atoms with E-state index in [4.69, 9.17) is 4.42 Å². The van der Waals surface area contributed by atoms with E-state index in [0.717, 1.165) is 24.4 Å². The Morgan fingerprint density at radius 2 is 1.94 bits per heavy atom. The summed E-state index contributed by atoms with van der Waals surface area (Å²) in [7, 11) is 1.42. The minimum absolute atomic E-state index is 0.0395. The first kappa shape index (κ1) is 20.8. The summed E-state index contributed by atoms with van der Waals surface area (Å²) in [6.45, 7) is 1.89. The summed E-state index contributed by atoms with van der Waals surface area (Å²) in [6.07, 6.45) is -0.590. The van der Waals surface area contributed by atoms with Crippen LogP contribution in [0.1, 0.15) is 10.5 Å². The maximum absolute atomic E-state index is 14.1. The number of aliphatic hydroxyl groups is 1. The van der Waals surface area contributed by atoms with Crippen LogP contribution in [-0.2, 0) is 0 Å². The largest absolute Gasteiger partial charge is 0.419 e. The number of carbonyl (C=O) groups is 1. The molecular weight excluding hydrogens is 408 g/mol. The number of hydrogen-bond donors (Lipinski definition) is 4. The van der Waals surface area contributed by atoms with E-state index in [2.05, 4.69) is 20.9 Å². The normalized spacial score (nSPS) is 16.3. The van der Waals surface area contributed by atoms with E-state index in [1.165, 1.54) is 13.1 Å². The van der Waals surface area contributed by atoms with Crippen LogP contribution < -0.4 is 20.9 Å². The Morgan fingerprint density at radius 3 is 2.58 bits per heavy atom. The molecule has 0 saturated carbocycles. The quantitative estimate of drug-likeness (QED) is 0.494. The maximum Gasteiger partial charge on any atom is 0.275 e. The number of anilines is 3. The summed E-state index contributed by atoms with van der Waals surface area (Å²) in [5.74, 6) is -2.65. The lowest BCUT2D eigenvalue weighted by Crippen LogP contribution is -2.50. The van der Waals surface area contributed by atoms with Crippen LogP contribution in [0.25, 0.3) is 11.5 Å². The van der Waals surface area contributed by atoms with Crippen molar-refractivity contribution in [3.8, 4) is 11.5 Å². The number of benzene rings is 2. The van der Waals surface area contributed by atoms with Gasteiger partial charge in [-0.3, -0.25) is 10.1 Å². The van der Waals surface area contributed by atoms with E-state index in [-0.39, 0.29) is 17.5 Å². The second-order valence-corrected chi connectivity index (χ2v) is 6.96. The highest BCUT2D eigenvalue weighted by atomic mass is 19.1. The molecule has 162 valence electrons. The van der Waals surface area contributed by atoms with Gasteiger partial charge in [0.1, 0.15) is 23.4 Å². The molecule has 1 fully saturated rings. The first-order valence-electron chi connectivity index (χ1n) is 9.67. The molecule has 1 aliphatic heterocycles. The summed E-state index contributed by atoms with van der Waals surface area (Å²) in [4.78, 5) is 18.3. The van der Waals surface area contributed by atoms with Gasteiger partial charge in [0, 0.05) is 31.5 Å². The van der Waals surface area contributed by atoms with Crippen molar-refractivity contribution in [2.45, 2.75) is 6.23 Å². The van der Waals surface area contributed by atoms with Gasteiger partial charge in [-0.1, -0.05) is 6.07 Å². The summed E-state index contributed by atoms with van der Waals surface area (Å²) in [6, 6.07) is 10.6. The smallest absolute Gasteiger partial charge is 0.275 e. The Kier molecular flexibility index (Phi) is 5.83. The van der Waals surface area contributed by atoms with Gasteiger partial charge in [-0.2, -0.15) is 0 Å². The standard InChI is InChI=1S/C21H21F2N5O3/c1-24-19(30)18-21(31-20(27-18)17-14(22)3-2-4-15(17)23)26-12-5-7-13(8-6-12)28-10-9-25-16(29)11-28/h2-8,16,25-26,29H,9-11H2,1H3,(H,24,30). The van der Waals surface area contributed by atoms with Gasteiger partial charge in [0.25, 0.3) is 5.91 Å². The van der Waals surface area contributed by atoms with Crippen molar-refractivity contribution in [3.05, 3.63) is 59.8 Å². The number of halogens is 2. The molecule has 10 heteroatoms. The number of nitrogens with zero attached hydrogens (tertiary/aromatic N) is 2. The van der Waals surface area contributed by atoms with Crippen LogP contribution in [0.3, 0.4) is 0 Å². The summed E-state index contributed by atoms with van der Waals surface area (Å²) in [5, 5.41) is 18.1. The molecule has 1 unspecified atom stereocenters. The topological polar surface area (TPSA) is 103 Å². The van der Waals surface area contributed by atoms with E-state index in [9.17, 15) is 18.7 Å². The first-order chi connectivity index (χ1) is 15.0. The van der Waals surface area contributed by atoms with Crippen LogP contribution in [0, 0.1) is 11.6 Å². The van der Waals surface area contributed by atoms with Crippen molar-refractivity contribution in [1.29, 1.82) is 0 Å². The third kappa shape index (κ3) is 4.35. The zero-order valence-corrected chi connectivity index (χ0v) is 16.7. The Balaban J connectivity index is 1.62. The lowest BCUT2D eigenvalue weighted by Gasteiger charge is -2.32. The Labute approximate surface area is 176 Å². The van der Waals surface area contributed by atoms with Crippen molar-refractivity contribution in [2.24, 2.45) is 0 Å². The molecule has 1 aliphatic rings. The molecule has 31 heavy (non-hydrogen) atoms. The minimum Gasteiger partial charge on any atom is -0.419 e. The molecule has 0 aliphatic carbocycles.